The highest BCUT2D eigenvalue weighted by Crippen LogP contribution is 2.66. The molecule has 0 saturated carbocycles. The molecular weight excluding hydrogens is 518 g/mol. The minimum atomic E-state index is -1.17. The third kappa shape index (κ3) is 5.39. The van der Waals surface area contributed by atoms with E-state index in [1.807, 2.05) is 25.7 Å². The van der Waals surface area contributed by atoms with E-state index in [9.17, 15) is 14.7 Å². The fourth-order valence-electron chi connectivity index (χ4n) is 8.33. The second-order valence-electron chi connectivity index (χ2n) is 14.9. The number of amides is 3. The minimum Gasteiger partial charge on any atom is -0.394 e. The van der Waals surface area contributed by atoms with Gasteiger partial charge in [0.05, 0.1) is 30.1 Å². The number of rotatable bonds is 12. The molecule has 3 aliphatic rings. The molecule has 0 aromatic carbocycles. The van der Waals surface area contributed by atoms with Crippen molar-refractivity contribution in [2.75, 3.05) is 26.7 Å². The molecule has 0 aromatic heterocycles. The van der Waals surface area contributed by atoms with Crippen molar-refractivity contribution in [3.63, 3.8) is 0 Å². The van der Waals surface area contributed by atoms with Gasteiger partial charge in [0.25, 0.3) is 0 Å². The van der Waals surface area contributed by atoms with Gasteiger partial charge in [-0.1, -0.05) is 60.1 Å². The third-order valence-electron chi connectivity index (χ3n) is 10.1. The quantitative estimate of drug-likeness (QED) is 0.352. The third-order valence-corrected chi connectivity index (χ3v) is 10.1. The van der Waals surface area contributed by atoms with E-state index >= 15 is 4.79 Å². The average Bonchev–Trinajstić information content (AvgIpc) is 3.37. The van der Waals surface area contributed by atoms with Gasteiger partial charge in [-0.2, -0.15) is 0 Å². The predicted octanol–water partition coefficient (Wildman–Crippen LogP) is 4.28. The number of fused-ring (bicyclic) bond motifs is 1. The number of nitrogens with zero attached hydrogens (tertiary/aromatic N) is 3. The summed E-state index contributed by atoms with van der Waals surface area (Å²) in [4.78, 5) is 48.7. The van der Waals surface area contributed by atoms with Crippen molar-refractivity contribution in [1.29, 1.82) is 0 Å². The number of likely N-dealkylation sites (N-methyl/N-ethyl adjacent to an activating group) is 1. The van der Waals surface area contributed by atoms with Crippen molar-refractivity contribution >= 4 is 17.7 Å². The molecule has 1 spiro atoms. The van der Waals surface area contributed by atoms with E-state index in [1.165, 1.54) is 0 Å². The summed E-state index contributed by atoms with van der Waals surface area (Å²) >= 11 is 0. The van der Waals surface area contributed by atoms with Gasteiger partial charge in [0.2, 0.25) is 17.7 Å². The fourth-order valence-corrected chi connectivity index (χ4v) is 8.33. The highest BCUT2D eigenvalue weighted by atomic mass is 16.5. The molecule has 41 heavy (non-hydrogen) atoms. The largest absolute Gasteiger partial charge is 0.394 e. The number of carbonyl (C=O) groups is 3. The van der Waals surface area contributed by atoms with Crippen molar-refractivity contribution in [2.24, 2.45) is 29.1 Å². The Kier molecular flexibility index (Phi) is 9.33. The van der Waals surface area contributed by atoms with Crippen LogP contribution < -0.4 is 0 Å². The van der Waals surface area contributed by atoms with Crippen LogP contribution in [0.25, 0.3) is 0 Å². The lowest BCUT2D eigenvalue weighted by atomic mass is 9.62. The average molecular weight is 574 g/mol. The normalized spacial score (nSPS) is 32.5. The van der Waals surface area contributed by atoms with Crippen LogP contribution in [0.2, 0.25) is 0 Å². The lowest BCUT2D eigenvalue weighted by Gasteiger charge is -2.47. The topological polar surface area (TPSA) is 90.4 Å². The first-order valence-corrected chi connectivity index (χ1v) is 15.3. The summed E-state index contributed by atoms with van der Waals surface area (Å²) in [5.74, 6) is -2.32. The summed E-state index contributed by atoms with van der Waals surface area (Å²) < 4.78 is 6.94. The Balaban J connectivity index is 2.25. The molecule has 2 bridgehead atoms. The lowest BCUT2D eigenvalue weighted by Crippen LogP contribution is -2.63. The summed E-state index contributed by atoms with van der Waals surface area (Å²) in [5, 5.41) is 10.7. The van der Waals surface area contributed by atoms with Crippen LogP contribution in [-0.4, -0.2) is 93.1 Å². The number of hydrogen-bond acceptors (Lipinski definition) is 5. The van der Waals surface area contributed by atoms with Crippen LogP contribution in [0.15, 0.2) is 25.3 Å². The second kappa shape index (κ2) is 11.5. The molecule has 8 atom stereocenters. The summed E-state index contributed by atoms with van der Waals surface area (Å²) in [6, 6.07) is -1.54. The second-order valence-corrected chi connectivity index (χ2v) is 14.9. The number of ether oxygens (including phenoxy) is 1. The summed E-state index contributed by atoms with van der Waals surface area (Å²) in [7, 11) is 1.72. The first-order chi connectivity index (χ1) is 18.9. The highest BCUT2D eigenvalue weighted by Gasteiger charge is 2.80. The molecule has 1 N–H and O–H groups in total. The van der Waals surface area contributed by atoms with Gasteiger partial charge in [-0.05, 0) is 50.9 Å². The number of likely N-dealkylation sites (tertiary alicyclic amines) is 1. The molecule has 8 heteroatoms. The Morgan fingerprint density at radius 1 is 1.17 bits per heavy atom. The van der Waals surface area contributed by atoms with Gasteiger partial charge in [0, 0.05) is 25.7 Å². The molecule has 3 aliphatic heterocycles. The van der Waals surface area contributed by atoms with Gasteiger partial charge >= 0.3 is 0 Å². The van der Waals surface area contributed by atoms with E-state index in [1.54, 1.807) is 29.0 Å². The van der Waals surface area contributed by atoms with E-state index in [0.717, 1.165) is 12.8 Å². The van der Waals surface area contributed by atoms with Crippen LogP contribution in [0.4, 0.5) is 0 Å². The van der Waals surface area contributed by atoms with Crippen molar-refractivity contribution in [2.45, 2.75) is 110 Å². The van der Waals surface area contributed by atoms with Gasteiger partial charge in [-0.3, -0.25) is 14.4 Å². The SMILES string of the molecule is C=CCN(C)C(=O)[C@@H]1[C@H]2C(=O)N([C@@H](CO)[C@@H](C)CC)C(C(=O)N(CC=C)C(C)(C)CC(C)(C)C)C23CC(C)[C@@]1(C)O3. The van der Waals surface area contributed by atoms with Crippen molar-refractivity contribution < 1.29 is 24.2 Å². The molecule has 3 saturated heterocycles. The van der Waals surface area contributed by atoms with Gasteiger partial charge in [-0.25, -0.2) is 0 Å². The van der Waals surface area contributed by atoms with Crippen molar-refractivity contribution in [1.82, 2.24) is 14.7 Å². The minimum absolute atomic E-state index is 0.0560. The van der Waals surface area contributed by atoms with E-state index < -0.39 is 40.7 Å². The van der Waals surface area contributed by atoms with Crippen LogP contribution in [-0.2, 0) is 19.1 Å². The van der Waals surface area contributed by atoms with Crippen LogP contribution in [0.3, 0.4) is 0 Å². The molecule has 3 amide bonds. The molecule has 8 nitrogen and oxygen atoms in total. The maximum Gasteiger partial charge on any atom is 0.249 e. The Morgan fingerprint density at radius 2 is 1.76 bits per heavy atom. The predicted molar refractivity (Wildman–Crippen MR) is 162 cm³/mol. The number of carbonyl (C=O) groups excluding carboxylic acids is 3. The Morgan fingerprint density at radius 3 is 2.24 bits per heavy atom. The highest BCUT2D eigenvalue weighted by molar-refractivity contribution is 5.99. The standard InChI is InChI=1S/C33H55N3O5/c1-13-16-34(12)27(38)24-25-28(39)36(23(19-37)21(4)15-3)26(33(25)18-22(5)32(24,11)41-33)29(40)35(17-14-2)31(9,10)20-30(6,7)8/h13-14,21-26,37H,1-2,15-20H2,3-12H3/t21-,22?,23-,24-,25-,26?,32+,33?/m0/s1. The summed E-state index contributed by atoms with van der Waals surface area (Å²) in [6.07, 6.45) is 5.33. The number of hydrogen-bond donors (Lipinski definition) is 1. The molecule has 3 heterocycles. The van der Waals surface area contributed by atoms with E-state index in [-0.39, 0.29) is 41.6 Å². The molecule has 0 aliphatic carbocycles. The zero-order valence-corrected chi connectivity index (χ0v) is 27.2. The monoisotopic (exact) mass is 573 g/mol. The summed E-state index contributed by atoms with van der Waals surface area (Å²) in [5.41, 5.74) is -2.68. The van der Waals surface area contributed by atoms with Crippen LogP contribution in [0, 0.1) is 29.1 Å². The molecule has 3 fully saturated rings. The Bertz CT molecular complexity index is 1050. The molecule has 3 unspecified atom stereocenters. The first kappa shape index (κ1) is 33.3. The first-order valence-electron chi connectivity index (χ1n) is 15.3. The Hall–Kier alpha value is -2.19. The van der Waals surface area contributed by atoms with Gasteiger partial charge in [0.1, 0.15) is 11.6 Å². The van der Waals surface area contributed by atoms with Crippen LogP contribution in [0.5, 0.6) is 0 Å². The van der Waals surface area contributed by atoms with Crippen molar-refractivity contribution in [3.05, 3.63) is 25.3 Å². The molecule has 0 radical (unpaired) electrons. The maximum absolute atomic E-state index is 15.0. The van der Waals surface area contributed by atoms with Crippen LogP contribution in [0.1, 0.15) is 81.6 Å². The molecule has 232 valence electrons. The van der Waals surface area contributed by atoms with E-state index in [2.05, 4.69) is 54.7 Å². The number of aliphatic hydroxyl groups is 1. The van der Waals surface area contributed by atoms with Gasteiger partial charge in [-0.15, -0.1) is 13.2 Å². The van der Waals surface area contributed by atoms with Crippen molar-refractivity contribution in [3.8, 4) is 0 Å². The summed E-state index contributed by atoms with van der Waals surface area (Å²) in [6.45, 7) is 26.7. The van der Waals surface area contributed by atoms with E-state index in [0.29, 0.717) is 19.5 Å². The Labute approximate surface area is 248 Å². The molecule has 0 aromatic rings. The van der Waals surface area contributed by atoms with Gasteiger partial charge < -0.3 is 24.5 Å². The zero-order chi connectivity index (χ0) is 31.3. The van der Waals surface area contributed by atoms with E-state index in [4.69, 9.17) is 4.74 Å². The molecular formula is C33H55N3O5. The molecule has 3 rings (SSSR count). The van der Waals surface area contributed by atoms with Gasteiger partial charge in [0.15, 0.2) is 0 Å². The number of aliphatic hydroxyl groups excluding tert-OH is 1. The zero-order valence-electron chi connectivity index (χ0n) is 27.2. The maximum atomic E-state index is 15.0. The fraction of sp³-hybridized carbons (Fsp3) is 0.788. The smallest absolute Gasteiger partial charge is 0.249 e. The lowest BCUT2D eigenvalue weighted by molar-refractivity contribution is -0.161. The van der Waals surface area contributed by atoms with Crippen LogP contribution >= 0.6 is 0 Å².